The monoisotopic (exact) mass is 367 g/mol. The van der Waals surface area contributed by atoms with Gasteiger partial charge in [0, 0.05) is 5.70 Å². The van der Waals surface area contributed by atoms with Crippen LogP contribution in [0.25, 0.3) is 16.7 Å². The van der Waals surface area contributed by atoms with E-state index in [4.69, 9.17) is 9.72 Å². The Labute approximate surface area is 164 Å². The summed E-state index contributed by atoms with van der Waals surface area (Å²) in [5.74, 6) is 1.71. The molecule has 0 saturated heterocycles. The number of hydrogen-bond donors (Lipinski definition) is 1. The Bertz CT molecular complexity index is 1190. The molecular formula is C24H21N3O. The van der Waals surface area contributed by atoms with E-state index in [0.29, 0.717) is 0 Å². The number of aromatic nitrogens is 2. The SMILES string of the molecule is COc1ccc(C2=C[C@@H](c3ccccc3C)n3c(nc4ccccc43)N2)cc1. The summed E-state index contributed by atoms with van der Waals surface area (Å²) in [4.78, 5) is 4.85. The summed E-state index contributed by atoms with van der Waals surface area (Å²) in [5, 5.41) is 3.53. The van der Waals surface area contributed by atoms with Crippen molar-refractivity contribution in [1.82, 2.24) is 9.55 Å². The largest absolute Gasteiger partial charge is 0.497 e. The quantitative estimate of drug-likeness (QED) is 0.526. The smallest absolute Gasteiger partial charge is 0.209 e. The van der Waals surface area contributed by atoms with Crippen LogP contribution in [0.3, 0.4) is 0 Å². The second-order valence-corrected chi connectivity index (χ2v) is 7.03. The maximum Gasteiger partial charge on any atom is 0.209 e. The third-order valence-corrected chi connectivity index (χ3v) is 5.35. The highest BCUT2D eigenvalue weighted by Crippen LogP contribution is 2.37. The molecule has 1 atom stereocenters. The van der Waals surface area contributed by atoms with Gasteiger partial charge < -0.3 is 10.1 Å². The molecule has 0 amide bonds. The Balaban J connectivity index is 1.70. The van der Waals surface area contributed by atoms with E-state index in [1.165, 1.54) is 11.1 Å². The average molecular weight is 367 g/mol. The number of para-hydroxylation sites is 2. The fourth-order valence-electron chi connectivity index (χ4n) is 3.90. The lowest BCUT2D eigenvalue weighted by Crippen LogP contribution is -2.19. The van der Waals surface area contributed by atoms with Crippen molar-refractivity contribution in [3.8, 4) is 5.75 Å². The van der Waals surface area contributed by atoms with E-state index in [1.54, 1.807) is 7.11 Å². The molecule has 0 fully saturated rings. The maximum atomic E-state index is 5.30. The van der Waals surface area contributed by atoms with Gasteiger partial charge in [0.25, 0.3) is 0 Å². The molecule has 4 nitrogen and oxygen atoms in total. The molecule has 0 aliphatic carbocycles. The van der Waals surface area contributed by atoms with Gasteiger partial charge in [-0.3, -0.25) is 4.57 Å². The zero-order valence-electron chi connectivity index (χ0n) is 15.9. The highest BCUT2D eigenvalue weighted by molar-refractivity contribution is 5.85. The average Bonchev–Trinajstić information content (AvgIpc) is 3.12. The summed E-state index contributed by atoms with van der Waals surface area (Å²) in [6, 6.07) is 25.0. The number of methoxy groups -OCH3 is 1. The van der Waals surface area contributed by atoms with E-state index in [0.717, 1.165) is 34.0 Å². The van der Waals surface area contributed by atoms with Crippen LogP contribution in [0.5, 0.6) is 5.75 Å². The lowest BCUT2D eigenvalue weighted by atomic mass is 9.97. The van der Waals surface area contributed by atoms with Crippen LogP contribution in [-0.4, -0.2) is 16.7 Å². The van der Waals surface area contributed by atoms with Crippen molar-refractivity contribution in [2.75, 3.05) is 12.4 Å². The predicted octanol–water partition coefficient (Wildman–Crippen LogP) is 5.41. The molecule has 4 heteroatoms. The van der Waals surface area contributed by atoms with Crippen molar-refractivity contribution in [2.45, 2.75) is 13.0 Å². The Hall–Kier alpha value is -3.53. The summed E-state index contributed by atoms with van der Waals surface area (Å²) >= 11 is 0. The lowest BCUT2D eigenvalue weighted by Gasteiger charge is -2.27. The molecule has 0 bridgehead atoms. The molecule has 0 saturated carbocycles. The molecule has 5 rings (SSSR count). The molecule has 0 radical (unpaired) electrons. The summed E-state index contributed by atoms with van der Waals surface area (Å²) in [6.07, 6.45) is 2.28. The van der Waals surface area contributed by atoms with Gasteiger partial charge in [-0.15, -0.1) is 0 Å². The maximum absolute atomic E-state index is 5.30. The first-order valence-electron chi connectivity index (χ1n) is 9.40. The Morgan fingerprint density at radius 3 is 2.46 bits per heavy atom. The molecule has 1 N–H and O–H groups in total. The Morgan fingerprint density at radius 1 is 0.929 bits per heavy atom. The predicted molar refractivity (Wildman–Crippen MR) is 114 cm³/mol. The zero-order valence-corrected chi connectivity index (χ0v) is 15.9. The van der Waals surface area contributed by atoms with Crippen molar-refractivity contribution in [2.24, 2.45) is 0 Å². The number of nitrogens with zero attached hydrogens (tertiary/aromatic N) is 2. The Morgan fingerprint density at radius 2 is 1.68 bits per heavy atom. The van der Waals surface area contributed by atoms with Crippen molar-refractivity contribution in [1.29, 1.82) is 0 Å². The van der Waals surface area contributed by atoms with Gasteiger partial charge in [-0.25, -0.2) is 4.98 Å². The number of imidazole rings is 1. The number of hydrogen-bond acceptors (Lipinski definition) is 3. The van der Waals surface area contributed by atoms with Gasteiger partial charge >= 0.3 is 0 Å². The fourth-order valence-corrected chi connectivity index (χ4v) is 3.90. The number of benzene rings is 3. The normalized spacial score (nSPS) is 15.6. The van der Waals surface area contributed by atoms with Crippen LogP contribution in [0.4, 0.5) is 5.95 Å². The molecule has 138 valence electrons. The fraction of sp³-hybridized carbons (Fsp3) is 0.125. The first-order chi connectivity index (χ1) is 13.7. The summed E-state index contributed by atoms with van der Waals surface area (Å²) in [7, 11) is 1.68. The van der Waals surface area contributed by atoms with E-state index in [2.05, 4.69) is 77.5 Å². The van der Waals surface area contributed by atoms with Crippen LogP contribution in [0.1, 0.15) is 22.7 Å². The molecule has 0 spiro atoms. The van der Waals surface area contributed by atoms with Crippen molar-refractivity contribution < 1.29 is 4.74 Å². The number of fused-ring (bicyclic) bond motifs is 3. The minimum Gasteiger partial charge on any atom is -0.497 e. The molecule has 0 unspecified atom stereocenters. The van der Waals surface area contributed by atoms with Gasteiger partial charge in [0.1, 0.15) is 5.75 Å². The van der Waals surface area contributed by atoms with Crippen LogP contribution < -0.4 is 10.1 Å². The standard InChI is InChI=1S/C24H21N3O/c1-16-7-3-4-8-19(16)23-15-21(17-11-13-18(28-2)14-12-17)26-24-25-20-9-5-6-10-22(20)27(23)24/h3-15,23H,1-2H3,(H,25,26)/t23-/m0/s1. The van der Waals surface area contributed by atoms with Crippen LogP contribution in [0, 0.1) is 6.92 Å². The third kappa shape index (κ3) is 2.65. The number of allylic oxidation sites excluding steroid dienone is 1. The minimum absolute atomic E-state index is 0.0713. The van der Waals surface area contributed by atoms with Crippen LogP contribution in [-0.2, 0) is 0 Å². The zero-order chi connectivity index (χ0) is 19.1. The van der Waals surface area contributed by atoms with Gasteiger partial charge in [-0.2, -0.15) is 0 Å². The number of nitrogens with one attached hydrogen (secondary N) is 1. The Kier molecular flexibility index (Phi) is 3.90. The molecule has 2 heterocycles. The first kappa shape index (κ1) is 16.6. The van der Waals surface area contributed by atoms with Crippen molar-refractivity contribution in [3.05, 3.63) is 95.6 Å². The van der Waals surface area contributed by atoms with Gasteiger partial charge in [0.15, 0.2) is 0 Å². The minimum atomic E-state index is 0.0713. The van der Waals surface area contributed by atoms with E-state index >= 15 is 0 Å². The van der Waals surface area contributed by atoms with Crippen molar-refractivity contribution >= 4 is 22.7 Å². The van der Waals surface area contributed by atoms with Gasteiger partial charge in [-0.05, 0) is 66.1 Å². The van der Waals surface area contributed by atoms with E-state index < -0.39 is 0 Å². The summed E-state index contributed by atoms with van der Waals surface area (Å²) < 4.78 is 7.58. The number of ether oxygens (including phenoxy) is 1. The summed E-state index contributed by atoms with van der Waals surface area (Å²) in [6.45, 7) is 2.16. The molecular weight excluding hydrogens is 346 g/mol. The molecule has 28 heavy (non-hydrogen) atoms. The van der Waals surface area contributed by atoms with Crippen LogP contribution >= 0.6 is 0 Å². The lowest BCUT2D eigenvalue weighted by molar-refractivity contribution is 0.415. The van der Waals surface area contributed by atoms with Crippen molar-refractivity contribution in [3.63, 3.8) is 0 Å². The molecule has 1 aliphatic rings. The van der Waals surface area contributed by atoms with Gasteiger partial charge in [0.05, 0.1) is 24.2 Å². The van der Waals surface area contributed by atoms with Crippen LogP contribution in [0.2, 0.25) is 0 Å². The summed E-state index contributed by atoms with van der Waals surface area (Å²) in [5.41, 5.74) is 6.83. The molecule has 1 aliphatic heterocycles. The molecule has 4 aromatic rings. The number of rotatable bonds is 3. The van der Waals surface area contributed by atoms with Gasteiger partial charge in [0.2, 0.25) is 5.95 Å². The second kappa shape index (κ2) is 6.57. The second-order valence-electron chi connectivity index (χ2n) is 7.03. The first-order valence-corrected chi connectivity index (χ1v) is 9.40. The number of aryl methyl sites for hydroxylation is 1. The van der Waals surface area contributed by atoms with Crippen LogP contribution in [0.15, 0.2) is 78.9 Å². The third-order valence-electron chi connectivity index (χ3n) is 5.35. The topological polar surface area (TPSA) is 39.1 Å². The molecule has 1 aromatic heterocycles. The number of anilines is 1. The van der Waals surface area contributed by atoms with E-state index in [1.807, 2.05) is 18.2 Å². The van der Waals surface area contributed by atoms with Gasteiger partial charge in [-0.1, -0.05) is 36.4 Å². The molecule has 3 aromatic carbocycles. The highest BCUT2D eigenvalue weighted by Gasteiger charge is 2.26. The van der Waals surface area contributed by atoms with E-state index in [-0.39, 0.29) is 6.04 Å². The highest BCUT2D eigenvalue weighted by atomic mass is 16.5. The van der Waals surface area contributed by atoms with E-state index in [9.17, 15) is 0 Å².